The van der Waals surface area contributed by atoms with Gasteiger partial charge in [0.25, 0.3) is 0 Å². The van der Waals surface area contributed by atoms with Crippen molar-refractivity contribution >= 4 is 130 Å². The lowest BCUT2D eigenvalue weighted by Crippen LogP contribution is -2.33. The molecule has 15 heterocycles. The van der Waals surface area contributed by atoms with Gasteiger partial charge < -0.3 is 145 Å². The second-order valence-electron chi connectivity index (χ2n) is 26.7. The minimum Gasteiger partial charge on any atom is -0.387 e. The van der Waals surface area contributed by atoms with Crippen LogP contribution in [0.1, 0.15) is 42.8 Å². The summed E-state index contributed by atoms with van der Waals surface area (Å²) in [5.41, 5.74) is 18.7. The Labute approximate surface area is 690 Å². The molecule has 123 heavy (non-hydrogen) atoms. The van der Waals surface area contributed by atoms with E-state index in [1.165, 1.54) is 60.7 Å². The van der Waals surface area contributed by atoms with Gasteiger partial charge in [0.1, 0.15) is 120 Å². The van der Waals surface area contributed by atoms with Crippen LogP contribution < -0.4 is 21.9 Å². The second kappa shape index (κ2) is 38.5. The number of pyridine rings is 2. The van der Waals surface area contributed by atoms with Gasteiger partial charge in [-0.3, -0.25) is 50.9 Å². The van der Waals surface area contributed by atoms with Crippen molar-refractivity contribution < 1.29 is 169 Å². The van der Waals surface area contributed by atoms with Crippen molar-refractivity contribution in [3.63, 3.8) is 0 Å². The average Bonchev–Trinajstić information content (AvgIpc) is 1.60. The van der Waals surface area contributed by atoms with E-state index in [-0.39, 0.29) is 45.4 Å². The van der Waals surface area contributed by atoms with Crippen LogP contribution in [0.4, 0.5) is 23.3 Å². The van der Waals surface area contributed by atoms with Crippen molar-refractivity contribution in [3.8, 4) is 0 Å². The zero-order chi connectivity index (χ0) is 90.2. The van der Waals surface area contributed by atoms with Crippen molar-refractivity contribution in [2.24, 2.45) is 12.2 Å². The first-order valence-corrected chi connectivity index (χ1v) is 43.1. The highest BCUT2D eigenvalue weighted by atomic mass is 35.5. The minimum absolute atomic E-state index is 0.0000536. The molecule has 5 saturated heterocycles. The maximum Gasteiger partial charge on any atom is 0.469 e. The summed E-state index contributed by atoms with van der Waals surface area (Å²) in [6.07, 6.45) is -15.7. The quantitative estimate of drug-likeness (QED) is 0.0124. The molecule has 5 aliphatic rings. The molecule has 0 aliphatic carbocycles. The number of halogens is 1. The Morgan fingerprint density at radius 3 is 1.21 bits per heavy atom. The predicted molar refractivity (Wildman–Crippen MR) is 404 cm³/mol. The van der Waals surface area contributed by atoms with Crippen LogP contribution in [-0.2, 0) is 76.2 Å². The topological polar surface area (TPSA) is 889 Å². The molecule has 60 nitrogen and oxygen atoms in total. The van der Waals surface area contributed by atoms with Crippen LogP contribution in [0, 0.1) is 19.3 Å². The van der Waals surface area contributed by atoms with E-state index < -0.39 is 195 Å². The van der Waals surface area contributed by atoms with E-state index in [2.05, 4.69) is 103 Å². The zero-order valence-corrected chi connectivity index (χ0v) is 68.7. The predicted octanol–water partition coefficient (Wildman–Crippen LogP) is -4.72. The number of aliphatic hydroxyl groups excluding tert-OH is 10. The Morgan fingerprint density at radius 2 is 0.805 bits per heavy atom. The van der Waals surface area contributed by atoms with Gasteiger partial charge in [0.2, 0.25) is 5.95 Å². The van der Waals surface area contributed by atoms with Crippen molar-refractivity contribution in [1.82, 2.24) is 87.2 Å². The number of hydrogen-bond acceptors (Lipinski definition) is 42. The lowest BCUT2D eigenvalue weighted by atomic mass is 10.1. The third-order valence-corrected chi connectivity index (χ3v) is 21.2. The molecule has 10 aromatic heterocycles. The fourth-order valence-electron chi connectivity index (χ4n) is 12.8. The molecule has 0 spiro atoms. The lowest BCUT2D eigenvalue weighted by Gasteiger charge is -2.18. The van der Waals surface area contributed by atoms with Crippen molar-refractivity contribution in [1.29, 1.82) is 5.41 Å². The van der Waals surface area contributed by atoms with E-state index in [0.29, 0.717) is 50.2 Å². The number of hydrogen-bond donors (Lipinski definition) is 24. The second-order valence-corrected chi connectivity index (χ2v) is 33.3. The van der Waals surface area contributed by atoms with Crippen LogP contribution in [0.2, 0.25) is 5.02 Å². The maximum absolute atomic E-state index is 10.8. The van der Waals surface area contributed by atoms with E-state index in [1.54, 1.807) is 53.3 Å². The zero-order valence-electron chi connectivity index (χ0n) is 63.4. The molecule has 15 rings (SSSR count). The van der Waals surface area contributed by atoms with Gasteiger partial charge in [-0.05, 0) is 36.6 Å². The van der Waals surface area contributed by atoms with Gasteiger partial charge in [0, 0.05) is 38.4 Å². The third-order valence-electron chi connectivity index (χ3n) is 18.5. The Hall–Kier alpha value is -8.36. The smallest absolute Gasteiger partial charge is 0.387 e. The maximum atomic E-state index is 10.8. The van der Waals surface area contributed by atoms with Crippen LogP contribution in [-0.4, -0.2) is 326 Å². The Balaban J connectivity index is 0.000000150. The number of fused-ring (bicyclic) bond motifs is 5. The van der Waals surface area contributed by atoms with Crippen LogP contribution >= 0.6 is 50.7 Å². The number of azide groups is 1. The van der Waals surface area contributed by atoms with Gasteiger partial charge >= 0.3 is 39.1 Å². The summed E-state index contributed by atoms with van der Waals surface area (Å²) in [6.45, 7) is 0.214. The summed E-state index contributed by atoms with van der Waals surface area (Å²) in [7, 11) is -18.6. The lowest BCUT2D eigenvalue weighted by molar-refractivity contribution is -0.0504. The first kappa shape index (κ1) is 95.3. The van der Waals surface area contributed by atoms with Gasteiger partial charge in [-0.15, -0.1) is 0 Å². The highest BCUT2D eigenvalue weighted by Gasteiger charge is 2.51. The number of phosphoric acid groups is 5. The van der Waals surface area contributed by atoms with Gasteiger partial charge in [-0.2, -0.15) is 0 Å². The van der Waals surface area contributed by atoms with Gasteiger partial charge in [-0.25, -0.2) is 82.6 Å². The SMILES string of the molecule is CNc1ccnc2c1ncn2[C@@H]1O[C@H](COP(=O)(O)O)[C@@H](O)[C@H]1O.CNc1nc(C)nc2c1ncn2[C@@H]1O[C@H](COP(=O)(O)O)[C@@H](O)[C@H]1O.Cc1nc(N)c2nc(N=[N+]=[N-])n([C@@H]3O[C@H](COP(=O)(O)O)[C@@H](O)[C@H]3O)c2n1.Cn1cnc2c(ncn2[C@@H]2O[C@H](COP(=O)(O)O)[C@@H](O)[C@H]2O)c1=N.O=P(O)(O)OC[C@H]1O[C@@H](n2cnc3c(Cl)ccnc32)[C@H](O)[C@@H]1O. The Bertz CT molecular complexity index is 5800. The average molecular weight is 1860 g/mol. The van der Waals surface area contributed by atoms with Crippen LogP contribution in [0.3, 0.4) is 0 Å². The molecule has 674 valence electrons. The molecule has 0 amide bonds. The molecule has 5 aliphatic heterocycles. The number of rotatable bonds is 23. The van der Waals surface area contributed by atoms with E-state index in [4.69, 9.17) is 101 Å². The minimum atomic E-state index is -4.81. The summed E-state index contributed by atoms with van der Waals surface area (Å²) < 4.78 is 111. The number of aryl methyl sites for hydroxylation is 3. The third kappa shape index (κ3) is 22.0. The van der Waals surface area contributed by atoms with Crippen LogP contribution in [0.5, 0.6) is 0 Å². The van der Waals surface area contributed by atoms with Gasteiger partial charge in [-0.1, -0.05) is 11.6 Å². The number of phosphoric ester groups is 5. The molecule has 0 saturated carbocycles. The highest BCUT2D eigenvalue weighted by molar-refractivity contribution is 7.47. The van der Waals surface area contributed by atoms with E-state index in [1.807, 2.05) is 0 Å². The number of nitrogen functional groups attached to an aromatic ring is 1. The number of aromatic nitrogens is 18. The summed E-state index contributed by atoms with van der Waals surface area (Å²) >= 11 is 6.00. The fraction of sp³-hybridized carbons (Fsp3) is 0.526. The number of nitrogens with zero attached hydrogens (tertiary/aromatic N) is 21. The van der Waals surface area contributed by atoms with Gasteiger partial charge in [0.15, 0.2) is 87.5 Å². The van der Waals surface area contributed by atoms with Crippen molar-refractivity contribution in [2.75, 3.05) is 63.5 Å². The number of anilines is 3. The first-order valence-electron chi connectivity index (χ1n) is 35.0. The molecule has 20 atom stereocenters. The molecule has 0 radical (unpaired) electrons. The molecular formula is C57H79ClN25O35P5. The van der Waals surface area contributed by atoms with E-state index in [0.717, 1.165) is 10.3 Å². The molecule has 66 heteroatoms. The molecule has 0 aromatic carbocycles. The van der Waals surface area contributed by atoms with Crippen molar-refractivity contribution in [3.05, 3.63) is 88.8 Å². The Kier molecular flexibility index (Phi) is 29.8. The van der Waals surface area contributed by atoms with E-state index in [9.17, 15) is 73.9 Å². The Morgan fingerprint density at radius 1 is 0.455 bits per heavy atom. The highest BCUT2D eigenvalue weighted by Crippen LogP contribution is 2.46. The molecule has 25 N–H and O–H groups in total. The van der Waals surface area contributed by atoms with Crippen molar-refractivity contribution in [2.45, 2.75) is 137 Å². The molecule has 0 unspecified atom stereocenters. The number of nitrogens with one attached hydrogen (secondary N) is 3. The van der Waals surface area contributed by atoms with Crippen LogP contribution in [0.25, 0.3) is 66.3 Å². The van der Waals surface area contributed by atoms with E-state index >= 15 is 0 Å². The monoisotopic (exact) mass is 1860 g/mol. The summed E-state index contributed by atoms with van der Waals surface area (Å²) in [5, 5.41) is 119. The summed E-state index contributed by atoms with van der Waals surface area (Å²) in [5.74, 6) is 0.971. The molecule has 5 fully saturated rings. The molecular weight excluding hydrogens is 1790 g/mol. The summed E-state index contributed by atoms with van der Waals surface area (Å²) in [6, 6.07) is 3.29. The van der Waals surface area contributed by atoms with Crippen LogP contribution in [0.15, 0.2) is 61.3 Å². The number of nitrogens with two attached hydrogens (primary N) is 1. The van der Waals surface area contributed by atoms with Gasteiger partial charge in [0.05, 0.1) is 75.4 Å². The number of ether oxygens (including phenoxy) is 5. The fourth-order valence-corrected chi connectivity index (χ4v) is 14.7. The normalized spacial score (nSPS) is 27.3. The number of imidazole rings is 5. The molecule has 0 bridgehead atoms. The molecule has 10 aromatic rings. The number of aliphatic hydroxyl groups is 10. The summed E-state index contributed by atoms with van der Waals surface area (Å²) in [4.78, 5) is 140. The first-order chi connectivity index (χ1) is 57.6. The standard InChI is InChI=1S/C12H18N5O7P.C12H17N4O7P.C11H13ClN3O7P.C11H15N8O7P.C11H16N5O7P/c1-5-15-10(13-2)7-11(16-5)17(4-14-7)12-9(19)8(18)6(24-12)3-23-25(20,21)22;1-13-6-2-3-14-11-8(6)15-5-16(11)12-10(18)9(17)7(23-12)4-22-24(19,20)21;12-5-1-2-13-10-7(5)14-4-15(10)11-9(17)8(16)6(22-11)3-21-23(18,19)20;1-3-14-8(12)5-9(15-3)19(11(16-5)17-18-13)10-7(21)6(20)4(26-10)2-25-27(22,23)24;1-15-3-14-10-6(9(15)12)13-4-16(10)11-8(18)7(17)5(23-11)2-22-24(19,20)21/h4,6,8-9,12,18-19H,3H2,1-2H3,(H,13,15,16)(H2,20,21,22);2-3,5,7,9-10,12,17-18H,4H2,1H3,(H,13,14)(H2,19,20,21);1-2,4,6,8-9,11,16-17H,3H2,(H2,18,19,20);4,6-7,10,20-21H,2H2,1H3,(H2,12,14,15)(H2,22,23,24);3-5,7-8,11-12,17-18H,2H2,1H3,(H2,19,20,21)/t6-,8-,9-,12-;7-,9-,10-,12-;6-,8-,9-,11-;4-,6-,7-,10-;5-,7-,8-,11-/m11111/s1. The largest absolute Gasteiger partial charge is 0.469 e.